The first-order chi connectivity index (χ1) is 18.6. The maximum atomic E-state index is 12.9. The standard InChI is InChI=1S/C26H38N2O9S/c1-27-25(31)6-5-21(20-30)28-19-23-22(26(28)32)3-2-4-24(23)38-18-17-37-16-15-36-14-13-35-12-11-34-10-9-33-8-7-29/h2-4,7,20-21H,5-6,8-19H2,1H3,(H,27,31). The van der Waals surface area contributed by atoms with Crippen molar-refractivity contribution in [1.29, 1.82) is 0 Å². The lowest BCUT2D eigenvalue weighted by Crippen LogP contribution is -2.37. The summed E-state index contributed by atoms with van der Waals surface area (Å²) in [5.74, 6) is 0.372. The topological polar surface area (TPSA) is 130 Å². The van der Waals surface area contributed by atoms with Crippen LogP contribution in [0.1, 0.15) is 28.8 Å². The molecule has 0 saturated heterocycles. The summed E-state index contributed by atoms with van der Waals surface area (Å²) in [7, 11) is 1.55. The molecule has 212 valence electrons. The van der Waals surface area contributed by atoms with Crippen LogP contribution in [0.25, 0.3) is 0 Å². The number of aldehydes is 2. The van der Waals surface area contributed by atoms with Crippen molar-refractivity contribution in [3.63, 3.8) is 0 Å². The third-order valence-electron chi connectivity index (χ3n) is 5.62. The van der Waals surface area contributed by atoms with Gasteiger partial charge in [-0.1, -0.05) is 6.07 Å². The lowest BCUT2D eigenvalue weighted by molar-refractivity contribution is -0.121. The Morgan fingerprint density at radius 1 is 0.974 bits per heavy atom. The highest BCUT2D eigenvalue weighted by molar-refractivity contribution is 7.99. The molecule has 1 aromatic rings. The molecule has 38 heavy (non-hydrogen) atoms. The van der Waals surface area contributed by atoms with Gasteiger partial charge in [0.15, 0.2) is 0 Å². The fourth-order valence-corrected chi connectivity index (χ4v) is 4.60. The summed E-state index contributed by atoms with van der Waals surface area (Å²) in [5.41, 5.74) is 1.52. The lowest BCUT2D eigenvalue weighted by atomic mass is 10.1. The second-order valence-corrected chi connectivity index (χ2v) is 9.31. The second kappa shape index (κ2) is 19.7. The molecule has 1 aliphatic heterocycles. The summed E-state index contributed by atoms with van der Waals surface area (Å²) in [6, 6.07) is 4.96. The minimum atomic E-state index is -0.632. The number of thioether (sulfide) groups is 1. The molecule has 2 amide bonds. The fraction of sp³-hybridized carbons (Fsp3) is 0.615. The van der Waals surface area contributed by atoms with Gasteiger partial charge in [-0.05, 0) is 24.1 Å². The third kappa shape index (κ3) is 11.6. The Bertz CT molecular complexity index is 871. The molecule has 0 aliphatic carbocycles. The van der Waals surface area contributed by atoms with E-state index in [4.69, 9.17) is 23.7 Å². The molecule has 12 heteroatoms. The number of rotatable bonds is 23. The van der Waals surface area contributed by atoms with Gasteiger partial charge >= 0.3 is 0 Å². The molecule has 2 rings (SSSR count). The van der Waals surface area contributed by atoms with Crippen LogP contribution in [0.5, 0.6) is 0 Å². The van der Waals surface area contributed by atoms with Crippen molar-refractivity contribution in [3.05, 3.63) is 29.3 Å². The Labute approximate surface area is 227 Å². The van der Waals surface area contributed by atoms with E-state index in [1.54, 1.807) is 29.8 Å². The zero-order chi connectivity index (χ0) is 27.4. The quantitative estimate of drug-likeness (QED) is 0.119. The summed E-state index contributed by atoms with van der Waals surface area (Å²) >= 11 is 1.61. The first kappa shape index (κ1) is 31.9. The number of hydrogen-bond donors (Lipinski definition) is 1. The predicted octanol–water partition coefficient (Wildman–Crippen LogP) is 1.11. The Hall–Kier alpha value is -2.35. The predicted molar refractivity (Wildman–Crippen MR) is 140 cm³/mol. The number of ether oxygens (including phenoxy) is 5. The largest absolute Gasteiger partial charge is 0.378 e. The summed E-state index contributed by atoms with van der Waals surface area (Å²) in [5, 5.41) is 2.54. The van der Waals surface area contributed by atoms with Crippen LogP contribution in [-0.4, -0.2) is 114 Å². The smallest absolute Gasteiger partial charge is 0.255 e. The van der Waals surface area contributed by atoms with Gasteiger partial charge in [0.1, 0.15) is 19.2 Å². The molecule has 1 aromatic carbocycles. The molecular weight excluding hydrogens is 516 g/mol. The number of benzene rings is 1. The molecule has 11 nitrogen and oxygen atoms in total. The van der Waals surface area contributed by atoms with Gasteiger partial charge < -0.3 is 43.5 Å². The van der Waals surface area contributed by atoms with Crippen molar-refractivity contribution in [3.8, 4) is 0 Å². The summed E-state index contributed by atoms with van der Waals surface area (Å²) in [6.07, 6.45) is 1.93. The van der Waals surface area contributed by atoms with Gasteiger partial charge in [0.05, 0.1) is 65.5 Å². The number of nitrogens with zero attached hydrogens (tertiary/aromatic N) is 1. The normalized spacial score (nSPS) is 13.4. The number of amides is 2. The minimum absolute atomic E-state index is 0.0860. The third-order valence-corrected chi connectivity index (χ3v) is 6.68. The first-order valence-electron chi connectivity index (χ1n) is 12.7. The molecular formula is C26H38N2O9S. The fourth-order valence-electron chi connectivity index (χ4n) is 3.65. The molecule has 0 spiro atoms. The van der Waals surface area contributed by atoms with Crippen LogP contribution in [-0.2, 0) is 44.6 Å². The average molecular weight is 555 g/mol. The highest BCUT2D eigenvalue weighted by Gasteiger charge is 2.34. The zero-order valence-electron chi connectivity index (χ0n) is 21.9. The van der Waals surface area contributed by atoms with E-state index >= 15 is 0 Å². The van der Waals surface area contributed by atoms with Gasteiger partial charge in [0.2, 0.25) is 5.91 Å². The van der Waals surface area contributed by atoms with E-state index < -0.39 is 6.04 Å². The van der Waals surface area contributed by atoms with Crippen LogP contribution in [0.15, 0.2) is 23.1 Å². The summed E-state index contributed by atoms with van der Waals surface area (Å²) in [4.78, 5) is 48.7. The molecule has 0 aromatic heterocycles. The highest BCUT2D eigenvalue weighted by Crippen LogP contribution is 2.33. The van der Waals surface area contributed by atoms with Crippen molar-refractivity contribution in [2.75, 3.05) is 78.9 Å². The van der Waals surface area contributed by atoms with Gasteiger partial charge in [-0.3, -0.25) is 9.59 Å². The molecule has 0 fully saturated rings. The van der Waals surface area contributed by atoms with Crippen molar-refractivity contribution >= 4 is 36.1 Å². The highest BCUT2D eigenvalue weighted by atomic mass is 32.2. The lowest BCUT2D eigenvalue weighted by Gasteiger charge is -2.22. The number of hydrogen-bond acceptors (Lipinski definition) is 10. The van der Waals surface area contributed by atoms with Crippen LogP contribution in [0.2, 0.25) is 0 Å². The Balaban J connectivity index is 1.55. The molecule has 1 heterocycles. The van der Waals surface area contributed by atoms with Crippen LogP contribution in [0.3, 0.4) is 0 Å². The Kier molecular flexibility index (Phi) is 16.5. The van der Waals surface area contributed by atoms with E-state index in [-0.39, 0.29) is 24.8 Å². The molecule has 1 aliphatic rings. The minimum Gasteiger partial charge on any atom is -0.378 e. The number of carbonyl (C=O) groups is 4. The van der Waals surface area contributed by atoms with Crippen LogP contribution in [0.4, 0.5) is 0 Å². The molecule has 1 N–H and O–H groups in total. The molecule has 0 saturated carbocycles. The molecule has 1 atom stereocenters. The van der Waals surface area contributed by atoms with Crippen molar-refractivity contribution < 1.29 is 42.9 Å². The Morgan fingerprint density at radius 3 is 2.16 bits per heavy atom. The number of fused-ring (bicyclic) bond motifs is 1. The van der Waals surface area contributed by atoms with E-state index in [0.717, 1.165) is 16.7 Å². The van der Waals surface area contributed by atoms with E-state index in [1.165, 1.54) is 0 Å². The summed E-state index contributed by atoms with van der Waals surface area (Å²) < 4.78 is 26.8. The van der Waals surface area contributed by atoms with Gasteiger partial charge in [-0.2, -0.15) is 0 Å². The maximum absolute atomic E-state index is 12.9. The van der Waals surface area contributed by atoms with E-state index in [1.807, 2.05) is 12.1 Å². The van der Waals surface area contributed by atoms with Crippen molar-refractivity contribution in [2.45, 2.75) is 30.3 Å². The number of nitrogens with one attached hydrogen (secondary N) is 1. The van der Waals surface area contributed by atoms with Gasteiger partial charge in [0, 0.05) is 36.2 Å². The van der Waals surface area contributed by atoms with Crippen molar-refractivity contribution in [2.24, 2.45) is 0 Å². The van der Waals surface area contributed by atoms with Crippen molar-refractivity contribution in [1.82, 2.24) is 10.2 Å². The van der Waals surface area contributed by atoms with Crippen LogP contribution < -0.4 is 5.32 Å². The first-order valence-corrected chi connectivity index (χ1v) is 13.6. The van der Waals surface area contributed by atoms with E-state index in [2.05, 4.69) is 5.32 Å². The molecule has 0 bridgehead atoms. The van der Waals surface area contributed by atoms with Gasteiger partial charge in [-0.15, -0.1) is 11.8 Å². The molecule has 0 radical (unpaired) electrons. The summed E-state index contributed by atoms with van der Waals surface area (Å²) in [6.45, 7) is 4.56. The van der Waals surface area contributed by atoms with Crippen LogP contribution >= 0.6 is 11.8 Å². The van der Waals surface area contributed by atoms with Gasteiger partial charge in [-0.25, -0.2) is 0 Å². The van der Waals surface area contributed by atoms with Crippen LogP contribution in [0, 0.1) is 0 Å². The van der Waals surface area contributed by atoms with E-state index in [9.17, 15) is 19.2 Å². The zero-order valence-corrected chi connectivity index (χ0v) is 22.7. The number of carbonyl (C=O) groups excluding carboxylic acids is 4. The average Bonchev–Trinajstić information content (AvgIpc) is 3.27. The maximum Gasteiger partial charge on any atom is 0.255 e. The second-order valence-electron chi connectivity index (χ2n) is 8.17. The monoisotopic (exact) mass is 554 g/mol. The Morgan fingerprint density at radius 2 is 1.58 bits per heavy atom. The van der Waals surface area contributed by atoms with Gasteiger partial charge in [0.25, 0.3) is 5.91 Å². The van der Waals surface area contributed by atoms with E-state index in [0.29, 0.717) is 90.0 Å². The SMILES string of the molecule is CNC(=O)CCC(C=O)N1Cc2c(SCCOCCOCCOCCOCCOCC=O)cccc2C1=O. The molecule has 1 unspecified atom stereocenters.